The van der Waals surface area contributed by atoms with E-state index in [0.29, 0.717) is 5.56 Å². The number of methoxy groups -OCH3 is 1. The Labute approximate surface area is 101 Å². The molecule has 94 valence electrons. The number of nitrogens with two attached hydrogens (primary N) is 1. The van der Waals surface area contributed by atoms with Gasteiger partial charge in [0, 0.05) is 0 Å². The van der Waals surface area contributed by atoms with Crippen molar-refractivity contribution in [2.75, 3.05) is 12.8 Å². The second-order valence-electron chi connectivity index (χ2n) is 3.45. The lowest BCUT2D eigenvalue weighted by molar-refractivity contribution is 0.0596. The molecule has 0 fully saturated rings. The van der Waals surface area contributed by atoms with Gasteiger partial charge < -0.3 is 20.1 Å². The third kappa shape index (κ3) is 1.86. The molecule has 0 atom stereocenters. The summed E-state index contributed by atoms with van der Waals surface area (Å²) in [6.45, 7) is 0. The third-order valence-corrected chi connectivity index (χ3v) is 2.38. The van der Waals surface area contributed by atoms with Crippen LogP contribution in [0.3, 0.4) is 0 Å². The van der Waals surface area contributed by atoms with Gasteiger partial charge in [-0.1, -0.05) is 5.16 Å². The van der Waals surface area contributed by atoms with E-state index in [1.165, 1.54) is 12.3 Å². The van der Waals surface area contributed by atoms with Gasteiger partial charge in [0.1, 0.15) is 5.56 Å². The SMILES string of the molecule is COC(=O)c1cc(-c2cnoc2N)cc(F)c1O. The van der Waals surface area contributed by atoms with Crippen molar-refractivity contribution in [3.05, 3.63) is 29.7 Å². The summed E-state index contributed by atoms with van der Waals surface area (Å²) in [5.74, 6) is -2.62. The van der Waals surface area contributed by atoms with E-state index in [-0.39, 0.29) is 17.0 Å². The highest BCUT2D eigenvalue weighted by atomic mass is 19.1. The Morgan fingerprint density at radius 2 is 2.28 bits per heavy atom. The standard InChI is InChI=1S/C11H9FN2O4/c1-17-11(16)6-2-5(3-8(12)9(6)15)7-4-14-18-10(7)13/h2-4,15H,13H2,1H3. The second-order valence-corrected chi connectivity index (χ2v) is 3.45. The van der Waals surface area contributed by atoms with Crippen molar-refractivity contribution in [3.8, 4) is 16.9 Å². The highest BCUT2D eigenvalue weighted by Gasteiger charge is 2.19. The molecule has 0 spiro atoms. The number of phenols is 1. The average molecular weight is 252 g/mol. The molecule has 18 heavy (non-hydrogen) atoms. The maximum atomic E-state index is 13.5. The van der Waals surface area contributed by atoms with E-state index in [0.717, 1.165) is 13.2 Å². The maximum Gasteiger partial charge on any atom is 0.341 e. The van der Waals surface area contributed by atoms with Gasteiger partial charge in [0.15, 0.2) is 11.6 Å². The molecule has 1 aromatic heterocycles. The van der Waals surface area contributed by atoms with Crippen LogP contribution in [-0.2, 0) is 4.74 Å². The molecule has 0 unspecified atom stereocenters. The molecule has 3 N–H and O–H groups in total. The summed E-state index contributed by atoms with van der Waals surface area (Å²) in [4.78, 5) is 11.4. The Kier molecular flexibility index (Phi) is 2.88. The summed E-state index contributed by atoms with van der Waals surface area (Å²) in [7, 11) is 1.13. The lowest BCUT2D eigenvalue weighted by Crippen LogP contribution is -2.03. The monoisotopic (exact) mass is 252 g/mol. The molecule has 6 nitrogen and oxygen atoms in total. The van der Waals surface area contributed by atoms with Gasteiger partial charge in [0.2, 0.25) is 5.88 Å². The normalized spacial score (nSPS) is 10.3. The molecule has 0 amide bonds. The van der Waals surface area contributed by atoms with Gasteiger partial charge in [-0.2, -0.15) is 0 Å². The number of benzene rings is 1. The second kappa shape index (κ2) is 4.36. The summed E-state index contributed by atoms with van der Waals surface area (Å²) in [5, 5.41) is 12.9. The topological polar surface area (TPSA) is 98.6 Å². The number of hydrogen-bond acceptors (Lipinski definition) is 6. The van der Waals surface area contributed by atoms with Crippen molar-refractivity contribution in [2.24, 2.45) is 0 Å². The molecule has 0 saturated heterocycles. The molecule has 0 bridgehead atoms. The number of ether oxygens (including phenoxy) is 1. The Balaban J connectivity index is 2.61. The van der Waals surface area contributed by atoms with Crippen molar-refractivity contribution in [1.29, 1.82) is 0 Å². The number of aromatic hydroxyl groups is 1. The van der Waals surface area contributed by atoms with Crippen LogP contribution >= 0.6 is 0 Å². The fourth-order valence-corrected chi connectivity index (χ4v) is 1.49. The Bertz CT molecular complexity index is 609. The third-order valence-electron chi connectivity index (χ3n) is 2.38. The first kappa shape index (κ1) is 11.9. The minimum Gasteiger partial charge on any atom is -0.504 e. The van der Waals surface area contributed by atoms with Crippen LogP contribution in [0.25, 0.3) is 11.1 Å². The van der Waals surface area contributed by atoms with Gasteiger partial charge in [0.05, 0.1) is 18.9 Å². The fourth-order valence-electron chi connectivity index (χ4n) is 1.49. The van der Waals surface area contributed by atoms with Crippen molar-refractivity contribution < 1.29 is 23.6 Å². The zero-order valence-electron chi connectivity index (χ0n) is 9.31. The molecule has 1 heterocycles. The summed E-state index contributed by atoms with van der Waals surface area (Å²) in [6, 6.07) is 2.26. The number of carbonyl (C=O) groups is 1. The van der Waals surface area contributed by atoms with Crippen LogP contribution in [0.1, 0.15) is 10.4 Å². The molecule has 2 aromatic rings. The molecule has 0 aliphatic heterocycles. The smallest absolute Gasteiger partial charge is 0.341 e. The molecule has 2 rings (SSSR count). The molecule has 0 aliphatic carbocycles. The predicted octanol–water partition coefficient (Wildman–Crippen LogP) is 1.56. The van der Waals surface area contributed by atoms with Gasteiger partial charge in [-0.3, -0.25) is 0 Å². The van der Waals surface area contributed by atoms with Gasteiger partial charge >= 0.3 is 5.97 Å². The van der Waals surface area contributed by atoms with Gasteiger partial charge in [-0.05, 0) is 17.7 Å². The molecule has 1 aromatic carbocycles. The van der Waals surface area contributed by atoms with Crippen LogP contribution in [-0.4, -0.2) is 23.3 Å². The van der Waals surface area contributed by atoms with Crippen molar-refractivity contribution in [3.63, 3.8) is 0 Å². The van der Waals surface area contributed by atoms with Crippen molar-refractivity contribution in [2.45, 2.75) is 0 Å². The van der Waals surface area contributed by atoms with E-state index in [1.807, 2.05) is 0 Å². The zero-order chi connectivity index (χ0) is 13.3. The number of nitrogens with zero attached hydrogens (tertiary/aromatic N) is 1. The molecule has 0 saturated carbocycles. The quantitative estimate of drug-likeness (QED) is 0.787. The van der Waals surface area contributed by atoms with Crippen LogP contribution in [0.15, 0.2) is 22.9 Å². The van der Waals surface area contributed by atoms with Crippen LogP contribution in [0.4, 0.5) is 10.3 Å². The molecule has 0 aliphatic rings. The van der Waals surface area contributed by atoms with Crippen LogP contribution in [0.5, 0.6) is 5.75 Å². The van der Waals surface area contributed by atoms with E-state index in [9.17, 15) is 14.3 Å². The van der Waals surface area contributed by atoms with E-state index in [2.05, 4.69) is 14.4 Å². The zero-order valence-corrected chi connectivity index (χ0v) is 9.31. The first-order chi connectivity index (χ1) is 8.54. The minimum absolute atomic E-state index is 0.0177. The van der Waals surface area contributed by atoms with E-state index in [1.54, 1.807) is 0 Å². The van der Waals surface area contributed by atoms with Gasteiger partial charge in [0.25, 0.3) is 0 Å². The van der Waals surface area contributed by atoms with E-state index in [4.69, 9.17) is 5.73 Å². The number of rotatable bonds is 2. The molecule has 0 radical (unpaired) electrons. The summed E-state index contributed by atoms with van der Waals surface area (Å²) >= 11 is 0. The number of nitrogen functional groups attached to an aromatic ring is 1. The van der Waals surface area contributed by atoms with Crippen molar-refractivity contribution in [1.82, 2.24) is 5.16 Å². The largest absolute Gasteiger partial charge is 0.504 e. The van der Waals surface area contributed by atoms with Crippen molar-refractivity contribution >= 4 is 11.9 Å². The van der Waals surface area contributed by atoms with Crippen LogP contribution in [0, 0.1) is 5.82 Å². The summed E-state index contributed by atoms with van der Waals surface area (Å²) in [5.41, 5.74) is 5.76. The molecular formula is C11H9FN2O4. The molecule has 7 heteroatoms. The predicted molar refractivity (Wildman–Crippen MR) is 59.3 cm³/mol. The molecular weight excluding hydrogens is 243 g/mol. The Morgan fingerprint density at radius 3 is 2.83 bits per heavy atom. The maximum absolute atomic E-state index is 13.5. The number of hydrogen-bond donors (Lipinski definition) is 2. The highest BCUT2D eigenvalue weighted by Crippen LogP contribution is 2.32. The Morgan fingerprint density at radius 1 is 1.56 bits per heavy atom. The first-order valence-electron chi connectivity index (χ1n) is 4.86. The summed E-state index contributed by atoms with van der Waals surface area (Å²) in [6.07, 6.45) is 1.28. The number of phenolic OH excluding ortho intramolecular Hbond substituents is 1. The number of esters is 1. The fraction of sp³-hybridized carbons (Fsp3) is 0.0909. The number of aromatic nitrogens is 1. The number of halogens is 1. The van der Waals surface area contributed by atoms with Crippen LogP contribution < -0.4 is 5.73 Å². The first-order valence-corrected chi connectivity index (χ1v) is 4.86. The number of carbonyl (C=O) groups excluding carboxylic acids is 1. The minimum atomic E-state index is -0.964. The Hall–Kier alpha value is -2.57. The highest BCUT2D eigenvalue weighted by molar-refractivity contribution is 5.94. The lowest BCUT2D eigenvalue weighted by Gasteiger charge is -2.06. The van der Waals surface area contributed by atoms with E-state index < -0.39 is 17.5 Å². The van der Waals surface area contributed by atoms with Gasteiger partial charge in [-0.25, -0.2) is 9.18 Å². The summed E-state index contributed by atoms with van der Waals surface area (Å²) < 4.78 is 22.6. The lowest BCUT2D eigenvalue weighted by atomic mass is 10.0. The number of anilines is 1. The van der Waals surface area contributed by atoms with E-state index >= 15 is 0 Å². The van der Waals surface area contributed by atoms with Gasteiger partial charge in [-0.15, -0.1) is 0 Å². The van der Waals surface area contributed by atoms with Crippen LogP contribution in [0.2, 0.25) is 0 Å². The average Bonchev–Trinajstić information content (AvgIpc) is 2.78.